The lowest BCUT2D eigenvalue weighted by Crippen LogP contribution is -2.30. The number of nitrogens with zero attached hydrogens (tertiary/aromatic N) is 1. The van der Waals surface area contributed by atoms with E-state index in [4.69, 9.17) is 4.74 Å². The van der Waals surface area contributed by atoms with E-state index >= 15 is 0 Å². The van der Waals surface area contributed by atoms with Crippen LogP contribution in [0, 0.1) is 0 Å². The van der Waals surface area contributed by atoms with Crippen LogP contribution < -0.4 is 4.74 Å². The molecule has 0 aliphatic carbocycles. The van der Waals surface area contributed by atoms with Crippen LogP contribution in [-0.2, 0) is 0 Å². The molecule has 23 heavy (non-hydrogen) atoms. The second-order valence-electron chi connectivity index (χ2n) is 4.91. The second-order valence-corrected chi connectivity index (χ2v) is 5.99. The zero-order valence-electron chi connectivity index (χ0n) is 13.3. The van der Waals surface area contributed by atoms with Gasteiger partial charge in [0.1, 0.15) is 5.75 Å². The minimum atomic E-state index is 0.00647. The van der Waals surface area contributed by atoms with E-state index in [1.807, 2.05) is 43.3 Å². The van der Waals surface area contributed by atoms with Gasteiger partial charge in [0, 0.05) is 18.0 Å². The van der Waals surface area contributed by atoms with E-state index in [9.17, 15) is 4.79 Å². The highest BCUT2D eigenvalue weighted by Crippen LogP contribution is 2.30. The van der Waals surface area contributed by atoms with E-state index in [-0.39, 0.29) is 5.91 Å². The Balaban J connectivity index is 2.17. The topological polar surface area (TPSA) is 29.5 Å². The average molecular weight is 327 g/mol. The molecule has 0 radical (unpaired) electrons. The zero-order valence-corrected chi connectivity index (χ0v) is 14.1. The van der Waals surface area contributed by atoms with Gasteiger partial charge in [-0.3, -0.25) is 4.79 Å². The number of hydrogen-bond donors (Lipinski definition) is 0. The molecular weight excluding hydrogens is 306 g/mol. The maximum Gasteiger partial charge on any atom is 0.264 e. The van der Waals surface area contributed by atoms with Gasteiger partial charge in [0.05, 0.1) is 11.5 Å². The smallest absolute Gasteiger partial charge is 0.264 e. The van der Waals surface area contributed by atoms with Crippen molar-refractivity contribution in [1.29, 1.82) is 0 Å². The Labute approximate surface area is 141 Å². The fourth-order valence-corrected chi connectivity index (χ4v) is 3.18. The molecule has 4 heteroatoms. The number of carbonyl (C=O) groups excluding carboxylic acids is 1. The molecular formula is C19H21NO2S. The number of rotatable bonds is 8. The van der Waals surface area contributed by atoms with Gasteiger partial charge in [0.15, 0.2) is 0 Å². The van der Waals surface area contributed by atoms with Crippen molar-refractivity contribution in [2.45, 2.75) is 6.92 Å². The summed E-state index contributed by atoms with van der Waals surface area (Å²) in [7, 11) is 0. The molecule has 0 bridgehead atoms. The van der Waals surface area contributed by atoms with Gasteiger partial charge in [-0.2, -0.15) is 0 Å². The number of amides is 1. The van der Waals surface area contributed by atoms with E-state index in [0.29, 0.717) is 19.7 Å². The van der Waals surface area contributed by atoms with Gasteiger partial charge in [-0.05, 0) is 48.9 Å². The van der Waals surface area contributed by atoms with Crippen LogP contribution in [0.15, 0.2) is 61.7 Å². The number of hydrogen-bond acceptors (Lipinski definition) is 3. The van der Waals surface area contributed by atoms with E-state index in [1.54, 1.807) is 17.1 Å². The van der Waals surface area contributed by atoms with Crippen molar-refractivity contribution in [3.05, 3.63) is 66.6 Å². The molecule has 1 aromatic carbocycles. The van der Waals surface area contributed by atoms with Crippen LogP contribution in [0.3, 0.4) is 0 Å². The Morgan fingerprint density at radius 2 is 1.78 bits per heavy atom. The van der Waals surface area contributed by atoms with Crippen molar-refractivity contribution >= 4 is 17.2 Å². The molecule has 0 aliphatic heterocycles. The normalized spacial score (nSPS) is 10.1. The van der Waals surface area contributed by atoms with Crippen molar-refractivity contribution in [3.8, 4) is 16.2 Å². The number of thiophene rings is 1. The average Bonchev–Trinajstić information content (AvgIpc) is 3.05. The second kappa shape index (κ2) is 8.34. The summed E-state index contributed by atoms with van der Waals surface area (Å²) in [4.78, 5) is 16.0. The van der Waals surface area contributed by atoms with Gasteiger partial charge in [-0.15, -0.1) is 24.5 Å². The van der Waals surface area contributed by atoms with Crippen LogP contribution in [0.4, 0.5) is 0 Å². The lowest BCUT2D eigenvalue weighted by Gasteiger charge is -2.18. The molecule has 0 saturated carbocycles. The lowest BCUT2D eigenvalue weighted by molar-refractivity contribution is 0.0795. The minimum Gasteiger partial charge on any atom is -0.494 e. The molecule has 1 aromatic heterocycles. The summed E-state index contributed by atoms with van der Waals surface area (Å²) in [6.07, 6.45) is 3.45. The largest absolute Gasteiger partial charge is 0.494 e. The SMILES string of the molecule is C=CCN(CC=C)C(=O)c1ccc(-c2ccc(OCC)cc2)s1. The van der Waals surface area contributed by atoms with E-state index < -0.39 is 0 Å². The Morgan fingerprint density at radius 1 is 1.13 bits per heavy atom. The van der Waals surface area contributed by atoms with Crippen LogP contribution >= 0.6 is 11.3 Å². The molecule has 0 atom stereocenters. The molecule has 0 unspecified atom stereocenters. The first kappa shape index (κ1) is 17.0. The van der Waals surface area contributed by atoms with Crippen molar-refractivity contribution in [2.75, 3.05) is 19.7 Å². The molecule has 0 saturated heterocycles. The third kappa shape index (κ3) is 4.33. The van der Waals surface area contributed by atoms with Crippen LogP contribution in [-0.4, -0.2) is 30.5 Å². The quantitative estimate of drug-likeness (QED) is 0.662. The first-order valence-corrected chi connectivity index (χ1v) is 8.35. The van der Waals surface area contributed by atoms with Crippen LogP contribution in [0.25, 0.3) is 10.4 Å². The standard InChI is InChI=1S/C19H21NO2S/c1-4-13-20(14-5-2)19(21)18-12-11-17(23-18)15-7-9-16(10-8-15)22-6-3/h4-5,7-12H,1-2,6,13-14H2,3H3. The molecule has 0 N–H and O–H groups in total. The first-order chi connectivity index (χ1) is 11.2. The third-order valence-electron chi connectivity index (χ3n) is 3.25. The predicted octanol–water partition coefficient (Wildman–Crippen LogP) is 4.63. The van der Waals surface area contributed by atoms with Gasteiger partial charge in [-0.25, -0.2) is 0 Å². The van der Waals surface area contributed by atoms with Crippen molar-refractivity contribution in [1.82, 2.24) is 4.90 Å². The van der Waals surface area contributed by atoms with Crippen molar-refractivity contribution < 1.29 is 9.53 Å². The zero-order chi connectivity index (χ0) is 16.7. The van der Waals surface area contributed by atoms with Gasteiger partial charge < -0.3 is 9.64 Å². The minimum absolute atomic E-state index is 0.00647. The molecule has 3 nitrogen and oxygen atoms in total. The summed E-state index contributed by atoms with van der Waals surface area (Å²) in [5, 5.41) is 0. The highest BCUT2D eigenvalue weighted by molar-refractivity contribution is 7.17. The molecule has 2 rings (SSSR count). The summed E-state index contributed by atoms with van der Waals surface area (Å²) in [6, 6.07) is 11.8. The maximum absolute atomic E-state index is 12.5. The first-order valence-electron chi connectivity index (χ1n) is 7.53. The number of benzene rings is 1. The Kier molecular flexibility index (Phi) is 6.18. The fourth-order valence-electron chi connectivity index (χ4n) is 2.20. The number of ether oxygens (including phenoxy) is 1. The molecule has 120 valence electrons. The summed E-state index contributed by atoms with van der Waals surface area (Å²) in [5.41, 5.74) is 1.08. The van der Waals surface area contributed by atoms with Crippen LogP contribution in [0.2, 0.25) is 0 Å². The van der Waals surface area contributed by atoms with E-state index in [2.05, 4.69) is 13.2 Å². The van der Waals surface area contributed by atoms with Crippen LogP contribution in [0.5, 0.6) is 5.75 Å². The van der Waals surface area contributed by atoms with Crippen LogP contribution in [0.1, 0.15) is 16.6 Å². The molecule has 1 heterocycles. The molecule has 0 spiro atoms. The Bertz CT molecular complexity index is 663. The van der Waals surface area contributed by atoms with E-state index in [1.165, 1.54) is 11.3 Å². The lowest BCUT2D eigenvalue weighted by atomic mass is 10.2. The summed E-state index contributed by atoms with van der Waals surface area (Å²) >= 11 is 1.49. The highest BCUT2D eigenvalue weighted by atomic mass is 32.1. The monoisotopic (exact) mass is 327 g/mol. The molecule has 2 aromatic rings. The van der Waals surface area contributed by atoms with E-state index in [0.717, 1.165) is 21.1 Å². The maximum atomic E-state index is 12.5. The summed E-state index contributed by atoms with van der Waals surface area (Å²) < 4.78 is 5.45. The van der Waals surface area contributed by atoms with Gasteiger partial charge >= 0.3 is 0 Å². The summed E-state index contributed by atoms with van der Waals surface area (Å²) in [6.45, 7) is 11.0. The fraction of sp³-hybridized carbons (Fsp3) is 0.211. The van der Waals surface area contributed by atoms with Gasteiger partial charge in [0.2, 0.25) is 0 Å². The Morgan fingerprint density at radius 3 is 2.35 bits per heavy atom. The van der Waals surface area contributed by atoms with Gasteiger partial charge in [0.25, 0.3) is 5.91 Å². The van der Waals surface area contributed by atoms with Crippen molar-refractivity contribution in [2.24, 2.45) is 0 Å². The number of carbonyl (C=O) groups is 1. The molecule has 0 fully saturated rings. The van der Waals surface area contributed by atoms with Crippen molar-refractivity contribution in [3.63, 3.8) is 0 Å². The molecule has 1 amide bonds. The molecule has 0 aliphatic rings. The summed E-state index contributed by atoms with van der Waals surface area (Å²) in [5.74, 6) is 0.860. The highest BCUT2D eigenvalue weighted by Gasteiger charge is 2.16. The van der Waals surface area contributed by atoms with Gasteiger partial charge in [-0.1, -0.05) is 12.2 Å². The third-order valence-corrected chi connectivity index (χ3v) is 4.38. The predicted molar refractivity (Wildman–Crippen MR) is 97.2 cm³/mol. The Hall–Kier alpha value is -2.33.